The Kier molecular flexibility index (Phi) is 14.7. The zero-order valence-electron chi connectivity index (χ0n) is 22.1. The Labute approximate surface area is 236 Å². The van der Waals surface area contributed by atoms with Crippen LogP contribution in [0.1, 0.15) is 32.3 Å². The summed E-state index contributed by atoms with van der Waals surface area (Å²) in [5.41, 5.74) is 0.842. The first-order valence-electron chi connectivity index (χ1n) is 12.4. The zero-order valence-corrected chi connectivity index (χ0v) is 23.0. The molecule has 4 amide bonds. The molecule has 40 heavy (non-hydrogen) atoms. The Morgan fingerprint density at radius 2 is 1.40 bits per heavy atom. The molecule has 14 nitrogen and oxygen atoms in total. The standard InChI is InChI=1S/C25H36N4O10S/c1-13(25(38)39)26-23(36)18(11-30)28-24(37)20(14(2)31)29-22(35)17(8-9-19(32)33)27-21(34)16(12-40)10-15-6-4-3-5-7-15/h3-7,13-14,16-18,20,30-31,40H,8-12H2,1-2H3,(H,26,36)(H,27,34)(H,28,37)(H,29,35)(H,32,33)(H,38,39)/t13-,14+,16-,17-,18-,20-/m0/s1. The quantitative estimate of drug-likeness (QED) is 0.0919. The molecule has 1 aromatic rings. The van der Waals surface area contributed by atoms with Crippen LogP contribution in [-0.2, 0) is 35.2 Å². The van der Waals surface area contributed by atoms with E-state index in [0.717, 1.165) is 12.5 Å². The fraction of sp³-hybridized carbons (Fsp3) is 0.520. The summed E-state index contributed by atoms with van der Waals surface area (Å²) in [5, 5.41) is 46.6. The number of hydrogen-bond acceptors (Lipinski definition) is 9. The maximum absolute atomic E-state index is 13.1. The van der Waals surface area contributed by atoms with Crippen LogP contribution in [0.25, 0.3) is 0 Å². The lowest BCUT2D eigenvalue weighted by atomic mass is 9.99. The van der Waals surface area contributed by atoms with Crippen molar-refractivity contribution in [1.29, 1.82) is 0 Å². The van der Waals surface area contributed by atoms with Gasteiger partial charge in [-0.15, -0.1) is 0 Å². The van der Waals surface area contributed by atoms with Crippen LogP contribution in [0.2, 0.25) is 0 Å². The molecule has 0 spiro atoms. The van der Waals surface area contributed by atoms with Crippen molar-refractivity contribution < 1.29 is 49.2 Å². The third-order valence-corrected chi connectivity index (χ3v) is 6.24. The molecule has 0 aromatic heterocycles. The number of aliphatic hydroxyl groups excluding tert-OH is 2. The first-order valence-corrected chi connectivity index (χ1v) is 13.0. The number of thiol groups is 1. The first-order chi connectivity index (χ1) is 18.8. The van der Waals surface area contributed by atoms with Crippen molar-refractivity contribution in [3.8, 4) is 0 Å². The Morgan fingerprint density at radius 1 is 0.825 bits per heavy atom. The first kappa shape index (κ1) is 34.3. The number of carboxylic acid groups (broad SMARTS) is 2. The van der Waals surface area contributed by atoms with Crippen LogP contribution < -0.4 is 21.3 Å². The van der Waals surface area contributed by atoms with Gasteiger partial charge >= 0.3 is 11.9 Å². The molecule has 0 saturated heterocycles. The predicted octanol–water partition coefficient (Wildman–Crippen LogP) is -1.94. The molecular weight excluding hydrogens is 548 g/mol. The van der Waals surface area contributed by atoms with Gasteiger partial charge in [-0.05, 0) is 32.3 Å². The van der Waals surface area contributed by atoms with Crippen molar-refractivity contribution in [2.45, 2.75) is 63.4 Å². The van der Waals surface area contributed by atoms with Crippen molar-refractivity contribution in [3.05, 3.63) is 35.9 Å². The van der Waals surface area contributed by atoms with Crippen LogP contribution in [-0.4, -0.2) is 98.6 Å². The smallest absolute Gasteiger partial charge is 0.325 e. The molecule has 0 aliphatic carbocycles. The van der Waals surface area contributed by atoms with Crippen molar-refractivity contribution in [1.82, 2.24) is 21.3 Å². The molecule has 0 bridgehead atoms. The normalized spacial score (nSPS) is 15.3. The van der Waals surface area contributed by atoms with E-state index < -0.39 is 84.8 Å². The van der Waals surface area contributed by atoms with Crippen molar-refractivity contribution in [2.24, 2.45) is 5.92 Å². The minimum atomic E-state index is -1.68. The Hall–Kier alpha value is -3.69. The second-order valence-corrected chi connectivity index (χ2v) is 9.47. The molecule has 0 fully saturated rings. The number of aliphatic carboxylic acids is 2. The molecule has 1 rings (SSSR count). The topological polar surface area (TPSA) is 231 Å². The lowest BCUT2D eigenvalue weighted by Crippen LogP contribution is -2.61. The zero-order chi connectivity index (χ0) is 30.4. The summed E-state index contributed by atoms with van der Waals surface area (Å²) in [5.74, 6) is -6.81. The van der Waals surface area contributed by atoms with Crippen molar-refractivity contribution >= 4 is 48.2 Å². The number of nitrogens with one attached hydrogen (secondary N) is 4. The second kappa shape index (κ2) is 17.1. The molecule has 0 radical (unpaired) electrons. The van der Waals surface area contributed by atoms with Crippen LogP contribution in [0.5, 0.6) is 0 Å². The average Bonchev–Trinajstić information content (AvgIpc) is 2.90. The van der Waals surface area contributed by atoms with Gasteiger partial charge in [0.15, 0.2) is 0 Å². The van der Waals surface area contributed by atoms with Gasteiger partial charge in [-0.25, -0.2) is 0 Å². The summed E-state index contributed by atoms with van der Waals surface area (Å²) in [6, 6.07) is 3.02. The lowest BCUT2D eigenvalue weighted by molar-refractivity contribution is -0.142. The van der Waals surface area contributed by atoms with Gasteiger partial charge in [0.2, 0.25) is 23.6 Å². The molecule has 1 aromatic carbocycles. The molecular formula is C25H36N4O10S. The summed E-state index contributed by atoms with van der Waals surface area (Å²) in [6.45, 7) is 1.40. The number of amides is 4. The van der Waals surface area contributed by atoms with Gasteiger partial charge in [0.1, 0.15) is 24.2 Å². The summed E-state index contributed by atoms with van der Waals surface area (Å²) in [4.78, 5) is 73.2. The molecule has 0 heterocycles. The van der Waals surface area contributed by atoms with E-state index in [1.165, 1.54) is 6.92 Å². The Bertz CT molecular complexity index is 1040. The SMILES string of the molecule is C[C@H](NC(=O)[C@H](CO)NC(=O)[C@@H](NC(=O)[C@H](CCC(=O)O)NC(=O)[C@H](CS)Cc1ccccc1)[C@@H](C)O)C(=O)O. The van der Waals surface area contributed by atoms with Gasteiger partial charge in [0, 0.05) is 12.2 Å². The minimum Gasteiger partial charge on any atom is -0.481 e. The molecule has 0 aliphatic rings. The summed E-state index contributed by atoms with van der Waals surface area (Å²) in [6.07, 6.45) is -2.06. The maximum Gasteiger partial charge on any atom is 0.325 e. The fourth-order valence-corrected chi connectivity index (χ4v) is 3.75. The van der Waals surface area contributed by atoms with E-state index in [2.05, 4.69) is 33.9 Å². The third-order valence-electron chi connectivity index (χ3n) is 5.80. The monoisotopic (exact) mass is 584 g/mol. The van der Waals surface area contributed by atoms with Gasteiger partial charge in [0.25, 0.3) is 0 Å². The highest BCUT2D eigenvalue weighted by molar-refractivity contribution is 7.80. The number of rotatable bonds is 17. The fourth-order valence-electron chi connectivity index (χ4n) is 3.46. The van der Waals surface area contributed by atoms with Crippen molar-refractivity contribution in [3.63, 3.8) is 0 Å². The molecule has 0 saturated carbocycles. The summed E-state index contributed by atoms with van der Waals surface area (Å²) < 4.78 is 0. The van der Waals surface area contributed by atoms with Gasteiger partial charge in [-0.1, -0.05) is 30.3 Å². The lowest BCUT2D eigenvalue weighted by Gasteiger charge is -2.27. The van der Waals surface area contributed by atoms with Gasteiger partial charge in [0.05, 0.1) is 18.6 Å². The number of hydrogen-bond donors (Lipinski definition) is 9. The molecule has 0 unspecified atom stereocenters. The van der Waals surface area contributed by atoms with Crippen LogP contribution in [0, 0.1) is 5.92 Å². The van der Waals surface area contributed by atoms with E-state index in [4.69, 9.17) is 10.2 Å². The largest absolute Gasteiger partial charge is 0.481 e. The van der Waals surface area contributed by atoms with Gasteiger partial charge in [-0.3, -0.25) is 28.8 Å². The van der Waals surface area contributed by atoms with E-state index in [1.807, 2.05) is 18.2 Å². The summed E-state index contributed by atoms with van der Waals surface area (Å²) in [7, 11) is 0. The van der Waals surface area contributed by atoms with Gasteiger partial charge in [-0.2, -0.15) is 12.6 Å². The highest BCUT2D eigenvalue weighted by Crippen LogP contribution is 2.12. The van der Waals surface area contributed by atoms with Gasteiger partial charge < -0.3 is 41.7 Å². The minimum absolute atomic E-state index is 0.123. The highest BCUT2D eigenvalue weighted by Gasteiger charge is 2.33. The Morgan fingerprint density at radius 3 is 1.90 bits per heavy atom. The van der Waals surface area contributed by atoms with E-state index in [1.54, 1.807) is 12.1 Å². The average molecular weight is 585 g/mol. The molecule has 0 aliphatic heterocycles. The van der Waals surface area contributed by atoms with E-state index >= 15 is 0 Å². The number of aliphatic hydroxyl groups is 2. The van der Waals surface area contributed by atoms with Crippen LogP contribution in [0.4, 0.5) is 0 Å². The predicted molar refractivity (Wildman–Crippen MR) is 144 cm³/mol. The molecule has 15 heteroatoms. The Balaban J connectivity index is 3.01. The highest BCUT2D eigenvalue weighted by atomic mass is 32.1. The molecule has 6 atom stereocenters. The molecule has 222 valence electrons. The van der Waals surface area contributed by atoms with Crippen LogP contribution in [0.15, 0.2) is 30.3 Å². The maximum atomic E-state index is 13.1. The molecule has 8 N–H and O–H groups in total. The van der Waals surface area contributed by atoms with E-state index in [0.29, 0.717) is 6.42 Å². The van der Waals surface area contributed by atoms with Crippen molar-refractivity contribution in [2.75, 3.05) is 12.4 Å². The van der Waals surface area contributed by atoms with Crippen LogP contribution >= 0.6 is 12.6 Å². The number of carbonyl (C=O) groups excluding carboxylic acids is 4. The number of carboxylic acids is 2. The third kappa shape index (κ3) is 11.6. The summed E-state index contributed by atoms with van der Waals surface area (Å²) >= 11 is 4.22. The number of benzene rings is 1. The van der Waals surface area contributed by atoms with E-state index in [9.17, 15) is 39.0 Å². The van der Waals surface area contributed by atoms with E-state index in [-0.39, 0.29) is 12.2 Å². The number of carbonyl (C=O) groups is 6. The second-order valence-electron chi connectivity index (χ2n) is 9.10. The van der Waals surface area contributed by atoms with Crippen LogP contribution in [0.3, 0.4) is 0 Å².